The summed E-state index contributed by atoms with van der Waals surface area (Å²) in [4.78, 5) is 17.3. The standard InChI is InChI=1S/C13H4F17N3O3/c14-6(9(18,19)20,4(34)33-5-31-2-1-3-32-5)35-13(29,30)8(17,11(24,25)26)36-12(27,28)7(15,16)10(21,22)23/h1-3H,(H,31,32,33,34)/t6-,8-/m0/s1. The number of ether oxygens (including phenoxy) is 2. The number of nitrogens with zero attached hydrogens (tertiary/aromatic N) is 2. The van der Waals surface area contributed by atoms with E-state index in [4.69, 9.17) is 0 Å². The Morgan fingerprint density at radius 1 is 0.639 bits per heavy atom. The maximum atomic E-state index is 14.2. The molecule has 0 saturated carbocycles. The summed E-state index contributed by atoms with van der Waals surface area (Å²) in [6.45, 7) is 0. The quantitative estimate of drug-likeness (QED) is 0.429. The van der Waals surface area contributed by atoms with Crippen LogP contribution < -0.4 is 5.32 Å². The van der Waals surface area contributed by atoms with Gasteiger partial charge >= 0.3 is 54.3 Å². The molecule has 6 nitrogen and oxygen atoms in total. The summed E-state index contributed by atoms with van der Waals surface area (Å²) in [7, 11) is 0. The van der Waals surface area contributed by atoms with E-state index in [1.165, 1.54) is 4.74 Å². The third-order valence-electron chi connectivity index (χ3n) is 3.45. The molecule has 1 rings (SSSR count). The SMILES string of the molecule is O=C(Nc1ncccn1)[C@](F)(OC(F)(F)[C@@](F)(OC(F)(F)C(F)(F)C(F)(F)F)C(F)(F)F)C(F)(F)F. The molecule has 36 heavy (non-hydrogen) atoms. The molecule has 1 aromatic rings. The summed E-state index contributed by atoms with van der Waals surface area (Å²) in [5, 5.41) is 0.618. The molecule has 1 heterocycles. The van der Waals surface area contributed by atoms with Gasteiger partial charge in [0.05, 0.1) is 0 Å². The van der Waals surface area contributed by atoms with Crippen LogP contribution in [-0.2, 0) is 14.3 Å². The number of hydrogen-bond donors (Lipinski definition) is 1. The predicted molar refractivity (Wildman–Crippen MR) is 73.5 cm³/mol. The molecule has 1 N–H and O–H groups in total. The van der Waals surface area contributed by atoms with Crippen molar-refractivity contribution >= 4 is 11.9 Å². The van der Waals surface area contributed by atoms with Crippen molar-refractivity contribution in [1.82, 2.24) is 9.97 Å². The number of nitrogens with one attached hydrogen (secondary N) is 1. The molecular weight excluding hydrogens is 569 g/mol. The molecule has 0 aliphatic rings. The Hall–Kier alpha value is -2.72. The Labute approximate surface area is 184 Å². The Balaban J connectivity index is 3.61. The molecule has 0 aliphatic carbocycles. The number of carbonyl (C=O) groups excluding carboxylic acids is 1. The maximum absolute atomic E-state index is 14.2. The van der Waals surface area contributed by atoms with Gasteiger partial charge in [0.2, 0.25) is 5.95 Å². The van der Waals surface area contributed by atoms with Crippen LogP contribution in [0.4, 0.5) is 80.6 Å². The second kappa shape index (κ2) is 8.99. The van der Waals surface area contributed by atoms with E-state index in [9.17, 15) is 79.4 Å². The Kier molecular flexibility index (Phi) is 7.82. The van der Waals surface area contributed by atoms with Gasteiger partial charge < -0.3 is 0 Å². The zero-order chi connectivity index (χ0) is 28.8. The molecule has 0 unspecified atom stereocenters. The third-order valence-corrected chi connectivity index (χ3v) is 3.45. The van der Waals surface area contributed by atoms with E-state index >= 15 is 0 Å². The Morgan fingerprint density at radius 2 is 1.08 bits per heavy atom. The molecule has 208 valence electrons. The Morgan fingerprint density at radius 3 is 1.44 bits per heavy atom. The van der Waals surface area contributed by atoms with Crippen molar-refractivity contribution in [2.45, 2.75) is 48.4 Å². The number of rotatable bonds is 8. The summed E-state index contributed by atoms with van der Waals surface area (Å²) >= 11 is 0. The van der Waals surface area contributed by atoms with Crippen molar-refractivity contribution in [2.24, 2.45) is 0 Å². The first-order valence-corrected chi connectivity index (χ1v) is 7.86. The normalized spacial score (nSPS) is 17.8. The van der Waals surface area contributed by atoms with Gasteiger partial charge in [-0.15, -0.1) is 0 Å². The van der Waals surface area contributed by atoms with Gasteiger partial charge in [0.15, 0.2) is 0 Å². The monoisotopic (exact) mass is 573 g/mol. The first kappa shape index (κ1) is 31.3. The van der Waals surface area contributed by atoms with Crippen molar-refractivity contribution in [1.29, 1.82) is 0 Å². The second-order valence-electron chi connectivity index (χ2n) is 6.02. The van der Waals surface area contributed by atoms with E-state index < -0.39 is 60.2 Å². The molecular formula is C13H4F17N3O3. The molecule has 2 atom stereocenters. The van der Waals surface area contributed by atoms with Crippen LogP contribution in [0.15, 0.2) is 18.5 Å². The van der Waals surface area contributed by atoms with E-state index in [0.29, 0.717) is 17.7 Å². The van der Waals surface area contributed by atoms with Gasteiger partial charge in [-0.05, 0) is 6.07 Å². The summed E-state index contributed by atoms with van der Waals surface area (Å²) in [5.41, 5.74) is 0. The average Bonchev–Trinajstić information content (AvgIpc) is 2.65. The van der Waals surface area contributed by atoms with Crippen LogP contribution in [0.25, 0.3) is 0 Å². The molecule has 0 aromatic carbocycles. The lowest BCUT2D eigenvalue weighted by Crippen LogP contribution is -2.68. The molecule has 0 bridgehead atoms. The predicted octanol–water partition coefficient (Wildman–Crippen LogP) is 5.29. The van der Waals surface area contributed by atoms with Crippen molar-refractivity contribution in [2.75, 3.05) is 5.32 Å². The van der Waals surface area contributed by atoms with Crippen molar-refractivity contribution in [3.05, 3.63) is 18.5 Å². The van der Waals surface area contributed by atoms with Gasteiger partial charge in [-0.2, -0.15) is 74.6 Å². The number of halogens is 17. The van der Waals surface area contributed by atoms with E-state index in [1.807, 2.05) is 4.74 Å². The van der Waals surface area contributed by atoms with Gasteiger partial charge in [-0.25, -0.2) is 9.97 Å². The van der Waals surface area contributed by atoms with Crippen LogP contribution >= 0.6 is 0 Å². The molecule has 0 radical (unpaired) electrons. The van der Waals surface area contributed by atoms with Crippen LogP contribution in [0.2, 0.25) is 0 Å². The third kappa shape index (κ3) is 5.49. The van der Waals surface area contributed by atoms with Crippen LogP contribution in [0.5, 0.6) is 0 Å². The molecule has 0 spiro atoms. The maximum Gasteiger partial charge on any atom is 0.462 e. The lowest BCUT2D eigenvalue weighted by Gasteiger charge is -2.40. The van der Waals surface area contributed by atoms with E-state index in [1.54, 1.807) is 0 Å². The highest BCUT2D eigenvalue weighted by Crippen LogP contribution is 2.56. The van der Waals surface area contributed by atoms with Crippen LogP contribution in [0.3, 0.4) is 0 Å². The topological polar surface area (TPSA) is 73.3 Å². The summed E-state index contributed by atoms with van der Waals surface area (Å²) in [6, 6.07) is 0.891. The molecule has 1 aromatic heterocycles. The lowest BCUT2D eigenvalue weighted by molar-refractivity contribution is -0.548. The highest BCUT2D eigenvalue weighted by atomic mass is 19.4. The fraction of sp³-hybridized carbons (Fsp3) is 0.615. The van der Waals surface area contributed by atoms with Gasteiger partial charge in [0.1, 0.15) is 0 Å². The second-order valence-corrected chi connectivity index (χ2v) is 6.02. The molecule has 0 aliphatic heterocycles. The first-order valence-electron chi connectivity index (χ1n) is 7.86. The summed E-state index contributed by atoms with van der Waals surface area (Å²) in [6.07, 6.45) is -37.5. The van der Waals surface area contributed by atoms with Gasteiger partial charge in [0.25, 0.3) is 0 Å². The minimum absolute atomic E-state index is 0.596. The number of aromatic nitrogens is 2. The van der Waals surface area contributed by atoms with Crippen molar-refractivity contribution in [3.63, 3.8) is 0 Å². The minimum Gasteiger partial charge on any atom is -0.289 e. The van der Waals surface area contributed by atoms with Gasteiger partial charge in [-0.3, -0.25) is 19.6 Å². The van der Waals surface area contributed by atoms with Crippen LogP contribution in [0, 0.1) is 0 Å². The average molecular weight is 573 g/mol. The fourth-order valence-corrected chi connectivity index (χ4v) is 1.71. The zero-order valence-electron chi connectivity index (χ0n) is 15.8. The summed E-state index contributed by atoms with van der Waals surface area (Å²) < 4.78 is 224. The minimum atomic E-state index is -8.08. The van der Waals surface area contributed by atoms with Crippen molar-refractivity contribution in [3.8, 4) is 0 Å². The highest BCUT2D eigenvalue weighted by molar-refractivity contribution is 5.95. The van der Waals surface area contributed by atoms with E-state index in [-0.39, 0.29) is 0 Å². The largest absolute Gasteiger partial charge is 0.462 e. The number of alkyl halides is 17. The fourth-order valence-electron chi connectivity index (χ4n) is 1.71. The number of hydrogen-bond acceptors (Lipinski definition) is 5. The number of carbonyl (C=O) groups is 1. The van der Waals surface area contributed by atoms with Crippen LogP contribution in [0.1, 0.15) is 0 Å². The van der Waals surface area contributed by atoms with Gasteiger partial charge in [0, 0.05) is 12.4 Å². The zero-order valence-corrected chi connectivity index (χ0v) is 15.8. The summed E-state index contributed by atoms with van der Waals surface area (Å²) in [5.74, 6) is -27.8. The number of amides is 1. The molecule has 1 amide bonds. The Bertz CT molecular complexity index is 932. The van der Waals surface area contributed by atoms with Crippen molar-refractivity contribution < 1.29 is 88.9 Å². The van der Waals surface area contributed by atoms with E-state index in [0.717, 1.165) is 6.07 Å². The smallest absolute Gasteiger partial charge is 0.289 e. The lowest BCUT2D eigenvalue weighted by atomic mass is 10.2. The molecule has 23 heteroatoms. The molecule has 0 fully saturated rings. The highest BCUT2D eigenvalue weighted by Gasteiger charge is 2.85. The number of anilines is 1. The molecule has 0 saturated heterocycles. The van der Waals surface area contributed by atoms with Gasteiger partial charge in [-0.1, -0.05) is 0 Å². The van der Waals surface area contributed by atoms with E-state index in [2.05, 4.69) is 9.97 Å². The van der Waals surface area contributed by atoms with Crippen LogP contribution in [-0.4, -0.2) is 64.3 Å². The first-order chi connectivity index (χ1) is 15.7.